The van der Waals surface area contributed by atoms with E-state index in [1.165, 1.54) is 24.5 Å². The second-order valence-electron chi connectivity index (χ2n) is 12.8. The third-order valence-corrected chi connectivity index (χ3v) is 9.84. The van der Waals surface area contributed by atoms with E-state index in [9.17, 15) is 4.79 Å². The minimum atomic E-state index is 0.0379. The topological polar surface area (TPSA) is 65.0 Å². The van der Waals surface area contributed by atoms with Crippen LogP contribution in [0.5, 0.6) is 6.01 Å². The number of hydrogen-bond donors (Lipinski definition) is 0. The zero-order valence-electron chi connectivity index (χ0n) is 24.6. The summed E-state index contributed by atoms with van der Waals surface area (Å²) in [6.45, 7) is 8.42. The highest BCUT2D eigenvalue weighted by Crippen LogP contribution is 2.46. The molecule has 0 N–H and O–H groups in total. The Morgan fingerprint density at radius 2 is 1.86 bits per heavy atom. The molecule has 0 radical (unpaired) electrons. The molecule has 2 aromatic carbocycles. The van der Waals surface area contributed by atoms with Crippen LogP contribution in [-0.2, 0) is 17.8 Å². The number of anilines is 2. The largest absolute Gasteiger partial charge is 0.463 e. The molecule has 0 spiro atoms. The third kappa shape index (κ3) is 4.98. The van der Waals surface area contributed by atoms with Crippen LogP contribution in [0.25, 0.3) is 10.8 Å². The first-order valence-corrected chi connectivity index (χ1v) is 15.5. The van der Waals surface area contributed by atoms with Gasteiger partial charge in [-0.25, -0.2) is 0 Å². The average Bonchev–Trinajstić information content (AvgIpc) is 3.70. The lowest BCUT2D eigenvalue weighted by Crippen LogP contribution is -2.56. The molecular formula is C33H39ClN6O2. The van der Waals surface area contributed by atoms with Crippen molar-refractivity contribution in [1.82, 2.24) is 19.8 Å². The van der Waals surface area contributed by atoms with Crippen LogP contribution in [0.2, 0.25) is 5.02 Å². The molecule has 0 unspecified atom stereocenters. The van der Waals surface area contributed by atoms with Crippen LogP contribution < -0.4 is 14.5 Å². The molecule has 9 heteroatoms. The molecule has 1 amide bonds. The van der Waals surface area contributed by atoms with Crippen LogP contribution >= 0.6 is 11.6 Å². The van der Waals surface area contributed by atoms with Gasteiger partial charge in [-0.3, -0.25) is 4.79 Å². The summed E-state index contributed by atoms with van der Waals surface area (Å²) in [6.07, 6.45) is 6.65. The molecule has 220 valence electrons. The molecule has 1 aliphatic carbocycles. The van der Waals surface area contributed by atoms with Crippen molar-refractivity contribution in [2.24, 2.45) is 5.41 Å². The Hall–Kier alpha value is -3.36. The molecule has 4 heterocycles. The van der Waals surface area contributed by atoms with Gasteiger partial charge in [0.1, 0.15) is 5.82 Å². The van der Waals surface area contributed by atoms with E-state index in [4.69, 9.17) is 26.3 Å². The maximum absolute atomic E-state index is 12.6. The first-order chi connectivity index (χ1) is 20.3. The van der Waals surface area contributed by atoms with E-state index >= 15 is 0 Å². The van der Waals surface area contributed by atoms with Gasteiger partial charge in [0.2, 0.25) is 5.91 Å². The van der Waals surface area contributed by atoms with Crippen LogP contribution in [-0.4, -0.2) is 84.6 Å². The Kier molecular flexibility index (Phi) is 7.02. The van der Waals surface area contributed by atoms with Gasteiger partial charge < -0.3 is 24.3 Å². The van der Waals surface area contributed by atoms with E-state index in [2.05, 4.69) is 59.6 Å². The summed E-state index contributed by atoms with van der Waals surface area (Å²) in [6, 6.07) is 13.3. The smallest absolute Gasteiger partial charge is 0.318 e. The van der Waals surface area contributed by atoms with Crippen molar-refractivity contribution in [1.29, 1.82) is 0 Å². The number of carbonyl (C=O) groups excluding carboxylic acids is 1. The fraction of sp³-hybridized carbons (Fsp3) is 0.485. The molecule has 2 bridgehead atoms. The van der Waals surface area contributed by atoms with E-state index in [0.717, 1.165) is 78.4 Å². The lowest BCUT2D eigenvalue weighted by atomic mass is 10.0. The van der Waals surface area contributed by atoms with Gasteiger partial charge in [0.05, 0.1) is 23.9 Å². The lowest BCUT2D eigenvalue weighted by molar-refractivity contribution is -0.129. The van der Waals surface area contributed by atoms with Crippen molar-refractivity contribution in [3.63, 3.8) is 0 Å². The molecule has 2 saturated heterocycles. The molecular weight excluding hydrogens is 548 g/mol. The number of aromatic nitrogens is 2. The fourth-order valence-corrected chi connectivity index (χ4v) is 7.69. The molecule has 1 aromatic heterocycles. The van der Waals surface area contributed by atoms with Gasteiger partial charge in [0.25, 0.3) is 0 Å². The first kappa shape index (κ1) is 27.5. The number of piperazine rings is 1. The Morgan fingerprint density at radius 3 is 2.55 bits per heavy atom. The summed E-state index contributed by atoms with van der Waals surface area (Å²) in [5.41, 5.74) is 3.52. The number of ether oxygens (including phenoxy) is 1. The number of hydrogen-bond acceptors (Lipinski definition) is 7. The molecule has 1 saturated carbocycles. The Bertz CT molecular complexity index is 1520. The third-order valence-electron chi connectivity index (χ3n) is 9.52. The summed E-state index contributed by atoms with van der Waals surface area (Å²) >= 11 is 6.72. The van der Waals surface area contributed by atoms with Crippen LogP contribution in [0.4, 0.5) is 11.5 Å². The Morgan fingerprint density at radius 1 is 1.12 bits per heavy atom. The van der Waals surface area contributed by atoms with E-state index < -0.39 is 0 Å². The summed E-state index contributed by atoms with van der Waals surface area (Å²) < 4.78 is 6.42. The molecule has 42 heavy (non-hydrogen) atoms. The van der Waals surface area contributed by atoms with Crippen molar-refractivity contribution >= 4 is 39.8 Å². The summed E-state index contributed by atoms with van der Waals surface area (Å²) in [4.78, 5) is 31.8. The fourth-order valence-electron chi connectivity index (χ4n) is 7.41. The highest BCUT2D eigenvalue weighted by molar-refractivity contribution is 6.36. The Labute approximate surface area is 252 Å². The average molecular weight is 587 g/mol. The van der Waals surface area contributed by atoms with Crippen LogP contribution in [0.3, 0.4) is 0 Å². The monoisotopic (exact) mass is 586 g/mol. The van der Waals surface area contributed by atoms with E-state index in [-0.39, 0.29) is 23.4 Å². The second kappa shape index (κ2) is 10.7. The van der Waals surface area contributed by atoms with Crippen LogP contribution in [0.1, 0.15) is 36.9 Å². The maximum Gasteiger partial charge on any atom is 0.318 e. The zero-order chi connectivity index (χ0) is 29.0. The second-order valence-corrected chi connectivity index (χ2v) is 13.2. The normalized spacial score (nSPS) is 22.4. The SMILES string of the molecule is C=CC(=O)N1[C@@H]2CC[C@H]1CN(c1nc(OCC3(CN(C)C)CC3)nc3c1CCN(c1cccc4cccc(Cl)c14)C3)C2. The minimum Gasteiger partial charge on any atom is -0.463 e. The standard InChI is InChI=1S/C33H39ClN6O2/c1-4-29(41)40-23-11-12-24(40)18-39(17-23)31-25-13-16-38(28-10-6-8-22-7-5-9-26(34)30(22)28)19-27(25)35-32(36-31)42-21-33(14-15-33)20-37(2)3/h4-10,23-24H,1,11-21H2,2-3H3/t23-,24+. The summed E-state index contributed by atoms with van der Waals surface area (Å²) in [7, 11) is 4.24. The van der Waals surface area contributed by atoms with Crippen molar-refractivity contribution in [3.05, 3.63) is 65.3 Å². The molecule has 2 atom stereocenters. The number of nitrogens with zero attached hydrogens (tertiary/aromatic N) is 6. The molecule has 3 fully saturated rings. The van der Waals surface area contributed by atoms with Crippen molar-refractivity contribution in [2.75, 3.05) is 56.7 Å². The van der Waals surface area contributed by atoms with Crippen molar-refractivity contribution in [3.8, 4) is 6.01 Å². The van der Waals surface area contributed by atoms with Crippen molar-refractivity contribution in [2.45, 2.75) is 50.7 Å². The predicted octanol–water partition coefficient (Wildman–Crippen LogP) is 4.93. The zero-order valence-corrected chi connectivity index (χ0v) is 25.3. The van der Waals surface area contributed by atoms with Gasteiger partial charge in [-0.15, -0.1) is 0 Å². The minimum absolute atomic E-state index is 0.0379. The van der Waals surface area contributed by atoms with Crippen molar-refractivity contribution < 1.29 is 9.53 Å². The highest BCUT2D eigenvalue weighted by Gasteiger charge is 2.45. The van der Waals surface area contributed by atoms with Crippen LogP contribution in [0, 0.1) is 5.41 Å². The van der Waals surface area contributed by atoms with Gasteiger partial charge >= 0.3 is 6.01 Å². The van der Waals surface area contributed by atoms with Gasteiger partial charge in [0, 0.05) is 60.3 Å². The van der Waals surface area contributed by atoms with Crippen LogP contribution in [0.15, 0.2) is 49.1 Å². The quantitative estimate of drug-likeness (QED) is 0.347. The number of rotatable bonds is 8. The van der Waals surface area contributed by atoms with E-state index in [0.29, 0.717) is 19.2 Å². The summed E-state index contributed by atoms with van der Waals surface area (Å²) in [5, 5.41) is 2.98. The number of carbonyl (C=O) groups is 1. The number of fused-ring (bicyclic) bond motifs is 4. The van der Waals surface area contributed by atoms with Gasteiger partial charge in [-0.2, -0.15) is 9.97 Å². The molecule has 8 nitrogen and oxygen atoms in total. The molecule has 4 aliphatic rings. The van der Waals surface area contributed by atoms with Gasteiger partial charge in [-0.05, 0) is 69.8 Å². The molecule has 3 aliphatic heterocycles. The Balaban J connectivity index is 1.22. The van der Waals surface area contributed by atoms with E-state index in [1.54, 1.807) is 0 Å². The number of halogens is 1. The maximum atomic E-state index is 12.6. The number of benzene rings is 2. The van der Waals surface area contributed by atoms with Gasteiger partial charge in [-0.1, -0.05) is 42.4 Å². The number of amides is 1. The molecule has 7 rings (SSSR count). The lowest BCUT2D eigenvalue weighted by Gasteiger charge is -2.42. The highest BCUT2D eigenvalue weighted by atomic mass is 35.5. The van der Waals surface area contributed by atoms with E-state index in [1.807, 2.05) is 17.0 Å². The predicted molar refractivity (Wildman–Crippen MR) is 168 cm³/mol. The van der Waals surface area contributed by atoms with Gasteiger partial charge in [0.15, 0.2) is 0 Å². The summed E-state index contributed by atoms with van der Waals surface area (Å²) in [5.74, 6) is 1.02. The first-order valence-electron chi connectivity index (χ1n) is 15.1. The molecule has 3 aromatic rings.